The third-order valence-electron chi connectivity index (χ3n) is 3.86. The van der Waals surface area contributed by atoms with E-state index in [1.807, 2.05) is 41.3 Å². The van der Waals surface area contributed by atoms with E-state index in [2.05, 4.69) is 9.97 Å². The number of carbonyl (C=O) groups is 1. The molecule has 120 valence electrons. The third-order valence-corrected chi connectivity index (χ3v) is 3.86. The Morgan fingerprint density at radius 1 is 1.04 bits per heavy atom. The van der Waals surface area contributed by atoms with Gasteiger partial charge in [0, 0.05) is 38.6 Å². The van der Waals surface area contributed by atoms with Crippen LogP contribution < -0.4 is 4.90 Å². The number of carbonyl (C=O) groups excluding carboxylic acids is 1. The van der Waals surface area contributed by atoms with Crippen molar-refractivity contribution >= 4 is 17.9 Å². The minimum atomic E-state index is -0.227. The van der Waals surface area contributed by atoms with Crippen molar-refractivity contribution < 1.29 is 4.79 Å². The van der Waals surface area contributed by atoms with Gasteiger partial charge in [-0.05, 0) is 17.7 Å². The number of amides is 1. The molecule has 1 amide bonds. The largest absolute Gasteiger partial charge is 0.337 e. The van der Waals surface area contributed by atoms with Crippen LogP contribution in [0, 0.1) is 11.3 Å². The van der Waals surface area contributed by atoms with Crippen molar-refractivity contribution in [3.8, 4) is 6.07 Å². The Labute approximate surface area is 140 Å². The zero-order valence-electron chi connectivity index (χ0n) is 13.2. The van der Waals surface area contributed by atoms with Gasteiger partial charge in [0.1, 0.15) is 11.6 Å². The first kappa shape index (κ1) is 15.7. The van der Waals surface area contributed by atoms with E-state index in [1.165, 1.54) is 0 Å². The van der Waals surface area contributed by atoms with E-state index in [0.717, 1.165) is 5.56 Å². The van der Waals surface area contributed by atoms with Gasteiger partial charge in [-0.1, -0.05) is 30.3 Å². The van der Waals surface area contributed by atoms with Crippen molar-refractivity contribution in [2.75, 3.05) is 31.1 Å². The topological polar surface area (TPSA) is 73.1 Å². The normalized spacial score (nSPS) is 15.0. The van der Waals surface area contributed by atoms with Gasteiger partial charge in [0.2, 0.25) is 5.95 Å². The Hall–Kier alpha value is -3.20. The lowest BCUT2D eigenvalue weighted by Crippen LogP contribution is -2.49. The number of benzene rings is 1. The number of hydrogen-bond donors (Lipinski definition) is 0. The van der Waals surface area contributed by atoms with E-state index in [9.17, 15) is 10.1 Å². The van der Waals surface area contributed by atoms with Crippen LogP contribution >= 0.6 is 0 Å². The number of rotatable bonds is 3. The Kier molecular flexibility index (Phi) is 4.82. The number of anilines is 1. The van der Waals surface area contributed by atoms with Gasteiger partial charge in [0.15, 0.2) is 0 Å². The van der Waals surface area contributed by atoms with Gasteiger partial charge in [-0.3, -0.25) is 4.79 Å². The molecule has 3 rings (SSSR count). The molecule has 0 N–H and O–H groups in total. The lowest BCUT2D eigenvalue weighted by molar-refractivity contribution is -0.126. The smallest absolute Gasteiger partial charge is 0.264 e. The molecule has 1 fully saturated rings. The fourth-order valence-corrected chi connectivity index (χ4v) is 2.59. The molecule has 1 aliphatic heterocycles. The molecule has 0 aliphatic carbocycles. The summed E-state index contributed by atoms with van der Waals surface area (Å²) in [6.07, 6.45) is 5.04. The Balaban J connectivity index is 1.66. The summed E-state index contributed by atoms with van der Waals surface area (Å²) in [4.78, 5) is 24.8. The summed E-state index contributed by atoms with van der Waals surface area (Å²) in [7, 11) is 0. The van der Waals surface area contributed by atoms with E-state index in [4.69, 9.17) is 0 Å². The highest BCUT2D eigenvalue weighted by Crippen LogP contribution is 2.13. The molecule has 24 heavy (non-hydrogen) atoms. The van der Waals surface area contributed by atoms with Crippen molar-refractivity contribution in [3.63, 3.8) is 0 Å². The van der Waals surface area contributed by atoms with E-state index in [0.29, 0.717) is 32.1 Å². The maximum atomic E-state index is 12.6. The Morgan fingerprint density at radius 2 is 1.71 bits per heavy atom. The molecular formula is C18H17N5O. The molecule has 1 aliphatic rings. The fraction of sp³-hybridized carbons (Fsp3) is 0.222. The SMILES string of the molecule is N#C/C(=C\c1ccccc1)C(=O)N1CCN(c2ncccn2)CC1. The number of nitriles is 1. The van der Waals surface area contributed by atoms with Gasteiger partial charge in [0.05, 0.1) is 0 Å². The summed E-state index contributed by atoms with van der Waals surface area (Å²) in [5, 5.41) is 9.32. The molecule has 1 aromatic carbocycles. The van der Waals surface area contributed by atoms with Crippen LogP contribution in [0.25, 0.3) is 6.08 Å². The van der Waals surface area contributed by atoms with Crippen LogP contribution in [0.3, 0.4) is 0 Å². The number of piperazine rings is 1. The Morgan fingerprint density at radius 3 is 2.33 bits per heavy atom. The van der Waals surface area contributed by atoms with E-state index >= 15 is 0 Å². The van der Waals surface area contributed by atoms with Gasteiger partial charge < -0.3 is 9.80 Å². The van der Waals surface area contributed by atoms with Crippen molar-refractivity contribution in [1.29, 1.82) is 5.26 Å². The van der Waals surface area contributed by atoms with Gasteiger partial charge in [0.25, 0.3) is 5.91 Å². The molecule has 2 heterocycles. The molecule has 0 bridgehead atoms. The molecule has 0 radical (unpaired) electrons. The maximum absolute atomic E-state index is 12.6. The fourth-order valence-electron chi connectivity index (χ4n) is 2.59. The number of nitrogens with zero attached hydrogens (tertiary/aromatic N) is 5. The molecule has 6 heteroatoms. The van der Waals surface area contributed by atoms with Gasteiger partial charge in [-0.15, -0.1) is 0 Å². The summed E-state index contributed by atoms with van der Waals surface area (Å²) in [6.45, 7) is 2.40. The number of aromatic nitrogens is 2. The standard InChI is InChI=1S/C18H17N5O/c19-14-16(13-15-5-2-1-3-6-15)17(24)22-9-11-23(12-10-22)18-20-7-4-8-21-18/h1-8,13H,9-12H2/b16-13+. The predicted molar refractivity (Wildman–Crippen MR) is 90.9 cm³/mol. The average Bonchev–Trinajstić information content (AvgIpc) is 2.67. The van der Waals surface area contributed by atoms with Crippen molar-refractivity contribution in [2.24, 2.45) is 0 Å². The van der Waals surface area contributed by atoms with Crippen molar-refractivity contribution in [3.05, 3.63) is 59.9 Å². The van der Waals surface area contributed by atoms with Gasteiger partial charge >= 0.3 is 0 Å². The first-order valence-corrected chi connectivity index (χ1v) is 7.76. The van der Waals surface area contributed by atoms with E-state index in [1.54, 1.807) is 29.4 Å². The molecule has 1 aromatic heterocycles. The highest BCUT2D eigenvalue weighted by molar-refractivity contribution is 6.01. The first-order chi connectivity index (χ1) is 11.8. The first-order valence-electron chi connectivity index (χ1n) is 7.76. The molecule has 6 nitrogen and oxygen atoms in total. The minimum Gasteiger partial charge on any atom is -0.337 e. The Bertz CT molecular complexity index is 759. The lowest BCUT2D eigenvalue weighted by Gasteiger charge is -2.34. The zero-order chi connectivity index (χ0) is 16.8. The highest BCUT2D eigenvalue weighted by Gasteiger charge is 2.24. The van der Waals surface area contributed by atoms with E-state index < -0.39 is 0 Å². The van der Waals surface area contributed by atoms with Crippen LogP contribution in [0.5, 0.6) is 0 Å². The van der Waals surface area contributed by atoms with Crippen LogP contribution in [0.4, 0.5) is 5.95 Å². The monoisotopic (exact) mass is 319 g/mol. The van der Waals surface area contributed by atoms with Gasteiger partial charge in [-0.25, -0.2) is 9.97 Å². The second-order valence-corrected chi connectivity index (χ2v) is 5.41. The molecular weight excluding hydrogens is 302 g/mol. The summed E-state index contributed by atoms with van der Waals surface area (Å²) in [6, 6.07) is 13.2. The second kappa shape index (κ2) is 7.38. The lowest BCUT2D eigenvalue weighted by atomic mass is 10.1. The third kappa shape index (κ3) is 3.58. The number of hydrogen-bond acceptors (Lipinski definition) is 5. The molecule has 0 saturated carbocycles. The molecule has 0 unspecified atom stereocenters. The molecule has 1 saturated heterocycles. The summed E-state index contributed by atoms with van der Waals surface area (Å²) < 4.78 is 0. The van der Waals surface area contributed by atoms with Crippen LogP contribution in [0.15, 0.2) is 54.4 Å². The predicted octanol–water partition coefficient (Wildman–Crippen LogP) is 1.73. The van der Waals surface area contributed by atoms with Crippen LogP contribution in [-0.2, 0) is 4.79 Å². The highest BCUT2D eigenvalue weighted by atomic mass is 16.2. The summed E-state index contributed by atoms with van der Waals surface area (Å²) >= 11 is 0. The van der Waals surface area contributed by atoms with Crippen LogP contribution in [0.2, 0.25) is 0 Å². The molecule has 0 atom stereocenters. The molecule has 2 aromatic rings. The van der Waals surface area contributed by atoms with Crippen LogP contribution in [0.1, 0.15) is 5.56 Å². The molecule has 0 spiro atoms. The van der Waals surface area contributed by atoms with Crippen molar-refractivity contribution in [2.45, 2.75) is 0 Å². The van der Waals surface area contributed by atoms with E-state index in [-0.39, 0.29) is 11.5 Å². The second-order valence-electron chi connectivity index (χ2n) is 5.41. The zero-order valence-corrected chi connectivity index (χ0v) is 13.2. The van der Waals surface area contributed by atoms with Gasteiger partial charge in [-0.2, -0.15) is 5.26 Å². The average molecular weight is 319 g/mol. The van der Waals surface area contributed by atoms with Crippen molar-refractivity contribution in [1.82, 2.24) is 14.9 Å². The maximum Gasteiger partial charge on any atom is 0.264 e. The minimum absolute atomic E-state index is 0.158. The summed E-state index contributed by atoms with van der Waals surface area (Å²) in [5.41, 5.74) is 1.00. The van der Waals surface area contributed by atoms with Crippen LogP contribution in [-0.4, -0.2) is 47.0 Å². The summed E-state index contributed by atoms with van der Waals surface area (Å²) in [5.74, 6) is 0.444. The quantitative estimate of drug-likeness (QED) is 0.636.